The maximum Gasteiger partial charge on any atom is 0.273 e. The lowest BCUT2D eigenvalue weighted by Gasteiger charge is -2.26. The van der Waals surface area contributed by atoms with Gasteiger partial charge in [0.25, 0.3) is 5.91 Å². The molecule has 1 aliphatic rings. The number of amides is 1. The molecule has 0 bridgehead atoms. The summed E-state index contributed by atoms with van der Waals surface area (Å²) in [7, 11) is -2.39. The highest BCUT2D eigenvalue weighted by Gasteiger charge is 2.30. The number of sulfonamides is 1. The van der Waals surface area contributed by atoms with Crippen LogP contribution in [0.1, 0.15) is 10.5 Å². The third-order valence-corrected chi connectivity index (χ3v) is 7.62. The summed E-state index contributed by atoms with van der Waals surface area (Å²) >= 11 is 3.46. The summed E-state index contributed by atoms with van der Waals surface area (Å²) < 4.78 is 38.7. The number of rotatable bonds is 5. The summed E-state index contributed by atoms with van der Waals surface area (Å²) in [5, 5.41) is 3.65. The predicted octanol–water partition coefficient (Wildman–Crippen LogP) is 3.21. The van der Waals surface area contributed by atoms with Crippen molar-refractivity contribution in [2.24, 2.45) is 0 Å². The molecule has 1 saturated heterocycles. The van der Waals surface area contributed by atoms with Crippen LogP contribution in [0.2, 0.25) is 0 Å². The predicted molar refractivity (Wildman–Crippen MR) is 117 cm³/mol. The first-order valence-electron chi connectivity index (χ1n) is 9.25. The van der Waals surface area contributed by atoms with Crippen LogP contribution in [-0.2, 0) is 14.8 Å². The van der Waals surface area contributed by atoms with Crippen molar-refractivity contribution in [1.29, 1.82) is 0 Å². The first-order chi connectivity index (χ1) is 14.4. The second kappa shape index (κ2) is 8.38. The number of para-hydroxylation sites is 1. The average Bonchev–Trinajstić information content (AvgIpc) is 3.11. The normalized spacial score (nSPS) is 15.3. The van der Waals surface area contributed by atoms with Gasteiger partial charge in [-0.15, -0.1) is 0 Å². The van der Waals surface area contributed by atoms with Crippen molar-refractivity contribution in [3.8, 4) is 5.75 Å². The number of fused-ring (bicyclic) bond motifs is 1. The second-order valence-corrected chi connectivity index (χ2v) is 9.40. The van der Waals surface area contributed by atoms with Gasteiger partial charge in [-0.25, -0.2) is 8.42 Å². The summed E-state index contributed by atoms with van der Waals surface area (Å²) in [6.45, 7) is 1.22. The van der Waals surface area contributed by atoms with E-state index in [1.807, 2.05) is 24.3 Å². The van der Waals surface area contributed by atoms with Crippen LogP contribution in [0.25, 0.3) is 10.9 Å². The van der Waals surface area contributed by atoms with Gasteiger partial charge < -0.3 is 19.8 Å². The van der Waals surface area contributed by atoms with Crippen LogP contribution in [0.5, 0.6) is 5.75 Å². The molecule has 158 valence electrons. The number of anilines is 1. The number of ether oxygens (including phenoxy) is 2. The van der Waals surface area contributed by atoms with Crippen LogP contribution in [0.15, 0.2) is 51.8 Å². The quantitative estimate of drug-likeness (QED) is 0.568. The highest BCUT2D eigenvalue weighted by molar-refractivity contribution is 9.10. The largest absolute Gasteiger partial charge is 0.495 e. The van der Waals surface area contributed by atoms with E-state index < -0.39 is 15.9 Å². The lowest BCUT2D eigenvalue weighted by molar-refractivity contribution is 0.0729. The maximum absolute atomic E-state index is 13.1. The maximum atomic E-state index is 13.1. The fraction of sp³-hybridized carbons (Fsp3) is 0.250. The van der Waals surface area contributed by atoms with Crippen LogP contribution < -0.4 is 10.1 Å². The number of halogens is 1. The molecule has 0 aliphatic carbocycles. The van der Waals surface area contributed by atoms with E-state index >= 15 is 0 Å². The van der Waals surface area contributed by atoms with Crippen LogP contribution in [0.4, 0.5) is 5.69 Å². The Hall–Kier alpha value is -2.40. The van der Waals surface area contributed by atoms with E-state index in [0.717, 1.165) is 10.9 Å². The number of hydrogen-bond donors (Lipinski definition) is 2. The van der Waals surface area contributed by atoms with Crippen molar-refractivity contribution < 1.29 is 22.7 Å². The van der Waals surface area contributed by atoms with Crippen molar-refractivity contribution in [3.05, 3.63) is 52.6 Å². The molecular formula is C20H20BrN3O5S. The number of morpholine rings is 1. The number of methoxy groups -OCH3 is 1. The molecule has 0 saturated carbocycles. The number of nitrogens with one attached hydrogen (secondary N) is 2. The van der Waals surface area contributed by atoms with Crippen LogP contribution in [-0.4, -0.2) is 57.0 Å². The minimum atomic E-state index is -3.80. The number of H-pyrrole nitrogens is 1. The summed E-state index contributed by atoms with van der Waals surface area (Å²) in [4.78, 5) is 15.9. The highest BCUT2D eigenvalue weighted by atomic mass is 79.9. The molecule has 0 radical (unpaired) electrons. The first-order valence-corrected chi connectivity index (χ1v) is 11.5. The Kier molecular flexibility index (Phi) is 5.83. The molecule has 2 N–H and O–H groups in total. The standard InChI is InChI=1S/C20H20BrN3O5S/c1-28-16-7-6-13(12-17(16)30(26,27)24-8-10-29-11-9-24)22-20(25)19-18(21)14-4-2-3-5-15(14)23-19/h2-7,12,23H,8-11H2,1H3,(H,22,25). The minimum Gasteiger partial charge on any atom is -0.495 e. The molecule has 30 heavy (non-hydrogen) atoms. The van der Waals surface area contributed by atoms with Crippen LogP contribution in [0.3, 0.4) is 0 Å². The fourth-order valence-corrected chi connectivity index (χ4v) is 5.55. The number of aromatic nitrogens is 1. The molecule has 0 spiro atoms. The van der Waals surface area contributed by atoms with Crippen molar-refractivity contribution in [1.82, 2.24) is 9.29 Å². The van der Waals surface area contributed by atoms with Gasteiger partial charge in [-0.1, -0.05) is 18.2 Å². The molecule has 0 unspecified atom stereocenters. The summed E-state index contributed by atoms with van der Waals surface area (Å²) in [5.41, 5.74) is 1.52. The Morgan fingerprint density at radius 1 is 1.20 bits per heavy atom. The molecule has 2 heterocycles. The van der Waals surface area contributed by atoms with Gasteiger partial charge >= 0.3 is 0 Å². The number of hydrogen-bond acceptors (Lipinski definition) is 5. The molecule has 4 rings (SSSR count). The topological polar surface area (TPSA) is 101 Å². The smallest absolute Gasteiger partial charge is 0.273 e. The third-order valence-electron chi connectivity index (χ3n) is 4.88. The first kappa shape index (κ1) is 20.9. The fourth-order valence-electron chi connectivity index (χ4n) is 3.34. The van der Waals surface area contributed by atoms with Gasteiger partial charge in [0.05, 0.1) is 24.8 Å². The number of benzene rings is 2. The van der Waals surface area contributed by atoms with Gasteiger partial charge in [-0.05, 0) is 40.2 Å². The number of nitrogens with zero attached hydrogens (tertiary/aromatic N) is 1. The van der Waals surface area contributed by atoms with Crippen molar-refractivity contribution in [3.63, 3.8) is 0 Å². The van der Waals surface area contributed by atoms with E-state index in [1.165, 1.54) is 23.5 Å². The molecule has 1 aromatic heterocycles. The van der Waals surface area contributed by atoms with E-state index in [0.29, 0.717) is 29.1 Å². The SMILES string of the molecule is COc1ccc(NC(=O)c2[nH]c3ccccc3c2Br)cc1S(=O)(=O)N1CCOCC1. The zero-order valence-corrected chi connectivity index (χ0v) is 18.5. The Labute approximate surface area is 182 Å². The molecular weight excluding hydrogens is 474 g/mol. The second-order valence-electron chi connectivity index (χ2n) is 6.70. The molecule has 8 nitrogen and oxygen atoms in total. The number of carbonyl (C=O) groups is 1. The van der Waals surface area contributed by atoms with E-state index in [4.69, 9.17) is 9.47 Å². The summed E-state index contributed by atoms with van der Waals surface area (Å²) in [6, 6.07) is 12.1. The summed E-state index contributed by atoms with van der Waals surface area (Å²) in [6.07, 6.45) is 0. The molecule has 2 aromatic carbocycles. The Morgan fingerprint density at radius 2 is 1.93 bits per heavy atom. The molecule has 1 fully saturated rings. The van der Waals surface area contributed by atoms with E-state index in [9.17, 15) is 13.2 Å². The van der Waals surface area contributed by atoms with Crippen LogP contribution in [0, 0.1) is 0 Å². The Bertz CT molecular complexity index is 1200. The van der Waals surface area contributed by atoms with Crippen molar-refractivity contribution in [2.75, 3.05) is 38.7 Å². The lowest BCUT2D eigenvalue weighted by atomic mass is 10.2. The molecule has 1 amide bonds. The number of carbonyl (C=O) groups excluding carboxylic acids is 1. The van der Waals surface area contributed by atoms with Gasteiger partial charge in [-0.3, -0.25) is 4.79 Å². The Morgan fingerprint density at radius 3 is 2.63 bits per heavy atom. The monoisotopic (exact) mass is 493 g/mol. The van der Waals surface area contributed by atoms with E-state index in [1.54, 1.807) is 6.07 Å². The number of aromatic amines is 1. The molecule has 0 atom stereocenters. The highest BCUT2D eigenvalue weighted by Crippen LogP contribution is 2.32. The van der Waals surface area contributed by atoms with Gasteiger partial charge in [-0.2, -0.15) is 4.31 Å². The van der Waals surface area contributed by atoms with Crippen molar-refractivity contribution >= 4 is 48.5 Å². The summed E-state index contributed by atoms with van der Waals surface area (Å²) in [5.74, 6) is -0.177. The lowest BCUT2D eigenvalue weighted by Crippen LogP contribution is -2.40. The molecule has 10 heteroatoms. The Balaban J connectivity index is 1.65. The van der Waals surface area contributed by atoms with Crippen molar-refractivity contribution in [2.45, 2.75) is 4.90 Å². The zero-order chi connectivity index (χ0) is 21.3. The third kappa shape index (κ3) is 3.83. The minimum absolute atomic E-state index is 0.000382. The molecule has 1 aliphatic heterocycles. The van der Waals surface area contributed by atoms with Gasteiger partial charge in [0.15, 0.2) is 0 Å². The van der Waals surface area contributed by atoms with Gasteiger partial charge in [0, 0.05) is 29.7 Å². The van der Waals surface area contributed by atoms with Gasteiger partial charge in [0.2, 0.25) is 10.0 Å². The average molecular weight is 494 g/mol. The molecule has 3 aromatic rings. The van der Waals surface area contributed by atoms with Crippen LogP contribution >= 0.6 is 15.9 Å². The van der Waals surface area contributed by atoms with E-state index in [2.05, 4.69) is 26.2 Å². The van der Waals surface area contributed by atoms with E-state index in [-0.39, 0.29) is 23.7 Å². The zero-order valence-electron chi connectivity index (χ0n) is 16.1. The van der Waals surface area contributed by atoms with Gasteiger partial charge in [0.1, 0.15) is 16.3 Å².